The van der Waals surface area contributed by atoms with Crippen LogP contribution in [0.25, 0.3) is 10.9 Å². The highest BCUT2D eigenvalue weighted by atomic mass is 32.1. The number of aromatic amines is 1. The lowest BCUT2D eigenvalue weighted by Crippen LogP contribution is -2.38. The second kappa shape index (κ2) is 14.7. The van der Waals surface area contributed by atoms with Gasteiger partial charge in [-0.25, -0.2) is 4.98 Å². The molecule has 1 saturated carbocycles. The molecule has 6 N–H and O–H groups in total. The number of aliphatic hydroxyl groups is 2. The number of benzene rings is 2. The number of phenols is 1. The van der Waals surface area contributed by atoms with Gasteiger partial charge in [-0.15, -0.1) is 11.3 Å². The first-order valence-corrected chi connectivity index (χ1v) is 17.0. The van der Waals surface area contributed by atoms with Crippen LogP contribution in [-0.4, -0.2) is 44.9 Å². The molecule has 10 heteroatoms. The van der Waals surface area contributed by atoms with Crippen molar-refractivity contribution >= 4 is 22.2 Å². The van der Waals surface area contributed by atoms with Crippen LogP contribution < -0.4 is 16.2 Å². The number of hydrogen-bond acceptors (Lipinski definition) is 9. The van der Waals surface area contributed by atoms with Crippen LogP contribution in [-0.2, 0) is 25.0 Å². The van der Waals surface area contributed by atoms with Crippen molar-refractivity contribution in [3.8, 4) is 5.75 Å². The van der Waals surface area contributed by atoms with E-state index in [4.69, 9.17) is 4.42 Å². The second-order valence-corrected chi connectivity index (χ2v) is 13.4. The molecule has 6 rings (SSSR count). The quantitative estimate of drug-likeness (QED) is 0.0897. The summed E-state index contributed by atoms with van der Waals surface area (Å²) in [5, 5.41) is 40.3. The zero-order valence-corrected chi connectivity index (χ0v) is 26.7. The SMILES string of the molecule is O=c1ccc2c(C(O)CNCCc3ccc(CNCCc4cnc(C(O)(c5ccccc5)C5CCCCC5)o4)s3)ccc(O)c2[nH]1. The minimum Gasteiger partial charge on any atom is -0.506 e. The molecule has 2 aromatic carbocycles. The lowest BCUT2D eigenvalue weighted by atomic mass is 9.73. The van der Waals surface area contributed by atoms with Gasteiger partial charge in [0.25, 0.3) is 0 Å². The third kappa shape index (κ3) is 7.27. The molecular weight excluding hydrogens is 600 g/mol. The fourth-order valence-corrected chi connectivity index (χ4v) is 7.52. The van der Waals surface area contributed by atoms with Crippen molar-refractivity contribution in [3.05, 3.63) is 116 Å². The molecule has 0 amide bonds. The van der Waals surface area contributed by atoms with E-state index < -0.39 is 11.7 Å². The summed E-state index contributed by atoms with van der Waals surface area (Å²) in [4.78, 5) is 21.4. The molecule has 242 valence electrons. The predicted molar refractivity (Wildman–Crippen MR) is 180 cm³/mol. The normalized spacial score (nSPS) is 16.0. The molecule has 46 heavy (non-hydrogen) atoms. The van der Waals surface area contributed by atoms with Crippen molar-refractivity contribution in [2.45, 2.75) is 63.2 Å². The van der Waals surface area contributed by atoms with Crippen molar-refractivity contribution < 1.29 is 19.7 Å². The summed E-state index contributed by atoms with van der Waals surface area (Å²) >= 11 is 1.76. The molecule has 3 aromatic heterocycles. The van der Waals surface area contributed by atoms with Crippen LogP contribution >= 0.6 is 11.3 Å². The van der Waals surface area contributed by atoms with Crippen LogP contribution in [0.2, 0.25) is 0 Å². The molecule has 1 aliphatic rings. The van der Waals surface area contributed by atoms with E-state index in [0.29, 0.717) is 41.9 Å². The van der Waals surface area contributed by atoms with Crippen LogP contribution in [0.4, 0.5) is 0 Å². The van der Waals surface area contributed by atoms with Crippen LogP contribution in [0.5, 0.6) is 5.75 Å². The van der Waals surface area contributed by atoms with E-state index in [1.807, 2.05) is 30.3 Å². The van der Waals surface area contributed by atoms with Gasteiger partial charge in [0.15, 0.2) is 5.60 Å². The van der Waals surface area contributed by atoms with Gasteiger partial charge in [-0.3, -0.25) is 4.79 Å². The maximum absolute atomic E-state index is 12.0. The maximum atomic E-state index is 12.0. The lowest BCUT2D eigenvalue weighted by molar-refractivity contribution is -0.0238. The summed E-state index contributed by atoms with van der Waals surface area (Å²) in [7, 11) is 0. The summed E-state index contributed by atoms with van der Waals surface area (Å²) in [6, 6.07) is 20.3. The van der Waals surface area contributed by atoms with E-state index in [9.17, 15) is 20.1 Å². The Morgan fingerprint density at radius 3 is 2.57 bits per heavy atom. The fourth-order valence-electron chi connectivity index (χ4n) is 6.53. The number of pyridine rings is 1. The lowest BCUT2D eigenvalue weighted by Gasteiger charge is -2.36. The number of fused-ring (bicyclic) bond motifs is 1. The smallest absolute Gasteiger partial charge is 0.248 e. The van der Waals surface area contributed by atoms with Crippen LogP contribution in [0, 0.1) is 5.92 Å². The molecule has 0 spiro atoms. The Kier molecular flexibility index (Phi) is 10.3. The maximum Gasteiger partial charge on any atom is 0.248 e. The summed E-state index contributed by atoms with van der Waals surface area (Å²) in [5.41, 5.74) is 0.315. The minimum atomic E-state index is -1.21. The van der Waals surface area contributed by atoms with E-state index in [1.54, 1.807) is 29.7 Å². The van der Waals surface area contributed by atoms with Gasteiger partial charge < -0.3 is 35.4 Å². The molecule has 9 nitrogen and oxygen atoms in total. The zero-order valence-electron chi connectivity index (χ0n) is 25.9. The predicted octanol–water partition coefficient (Wildman–Crippen LogP) is 5.30. The third-order valence-corrected chi connectivity index (χ3v) is 10.2. The largest absolute Gasteiger partial charge is 0.506 e. The molecule has 2 unspecified atom stereocenters. The Balaban J connectivity index is 0.954. The number of hydrogen-bond donors (Lipinski definition) is 6. The van der Waals surface area contributed by atoms with Crippen molar-refractivity contribution in [1.29, 1.82) is 0 Å². The Labute approximate surface area is 272 Å². The Morgan fingerprint density at radius 2 is 1.74 bits per heavy atom. The molecular formula is C36H42N4O5S. The van der Waals surface area contributed by atoms with E-state index in [-0.39, 0.29) is 17.2 Å². The molecule has 1 fully saturated rings. The van der Waals surface area contributed by atoms with Gasteiger partial charge >= 0.3 is 0 Å². The average molecular weight is 643 g/mol. The van der Waals surface area contributed by atoms with E-state index >= 15 is 0 Å². The van der Waals surface area contributed by atoms with E-state index in [2.05, 4.69) is 32.7 Å². The molecule has 0 radical (unpaired) electrons. The van der Waals surface area contributed by atoms with E-state index in [1.165, 1.54) is 28.3 Å². The van der Waals surface area contributed by atoms with Gasteiger partial charge in [0.1, 0.15) is 11.5 Å². The molecule has 0 bridgehead atoms. The van der Waals surface area contributed by atoms with Gasteiger partial charge in [0.2, 0.25) is 11.4 Å². The standard InChI is InChI=1S/C36H42N4O5S/c41-31-15-13-29(30-14-16-33(43)40-34(30)31)32(42)23-38-20-18-27-11-12-28(46-27)22-37-19-17-26-21-39-35(45-26)36(44,24-7-3-1-4-8-24)25-9-5-2-6-10-25/h1,3-4,7-8,11-16,21,25,32,37-38,41-42,44H,2,5-6,9-10,17-20,22-23H2,(H,40,43). The Morgan fingerprint density at radius 1 is 0.957 bits per heavy atom. The number of nitrogens with one attached hydrogen (secondary N) is 3. The molecule has 0 saturated heterocycles. The highest BCUT2D eigenvalue weighted by Crippen LogP contribution is 2.43. The topological polar surface area (TPSA) is 144 Å². The van der Waals surface area contributed by atoms with Crippen LogP contribution in [0.1, 0.15) is 70.7 Å². The number of thiophene rings is 1. The minimum absolute atomic E-state index is 0.0202. The number of phenolic OH excluding ortho intramolecular Hbond substituents is 1. The van der Waals surface area contributed by atoms with Crippen molar-refractivity contribution in [2.24, 2.45) is 5.92 Å². The summed E-state index contributed by atoms with van der Waals surface area (Å²) in [6.45, 7) is 2.55. The van der Waals surface area contributed by atoms with Gasteiger partial charge in [0.05, 0.1) is 17.8 Å². The van der Waals surface area contributed by atoms with Gasteiger partial charge in [-0.05, 0) is 54.7 Å². The van der Waals surface area contributed by atoms with E-state index in [0.717, 1.165) is 56.5 Å². The number of aromatic hydroxyl groups is 1. The second-order valence-electron chi connectivity index (χ2n) is 12.1. The van der Waals surface area contributed by atoms with Crippen molar-refractivity contribution in [2.75, 3.05) is 19.6 Å². The highest BCUT2D eigenvalue weighted by molar-refractivity contribution is 7.11. The van der Waals surface area contributed by atoms with Crippen LogP contribution in [0.15, 0.2) is 82.1 Å². The number of rotatable bonds is 14. The average Bonchev–Trinajstić information content (AvgIpc) is 3.76. The first-order valence-electron chi connectivity index (χ1n) is 16.2. The molecule has 1 aliphatic carbocycles. The van der Waals surface area contributed by atoms with Crippen molar-refractivity contribution in [3.63, 3.8) is 0 Å². The first-order chi connectivity index (χ1) is 22.4. The summed E-state index contributed by atoms with van der Waals surface area (Å²) in [6.07, 6.45) is 7.87. The van der Waals surface area contributed by atoms with Crippen LogP contribution in [0.3, 0.4) is 0 Å². The fraction of sp³-hybridized carbons (Fsp3) is 0.389. The summed E-state index contributed by atoms with van der Waals surface area (Å²) in [5.74, 6) is 1.24. The zero-order chi connectivity index (χ0) is 31.9. The molecule has 5 aromatic rings. The molecule has 2 atom stereocenters. The number of aliphatic hydroxyl groups excluding tert-OH is 1. The Bertz CT molecular complexity index is 1780. The van der Waals surface area contributed by atoms with Gasteiger partial charge in [-0.2, -0.15) is 0 Å². The summed E-state index contributed by atoms with van der Waals surface area (Å²) < 4.78 is 6.20. The highest BCUT2D eigenvalue weighted by Gasteiger charge is 2.44. The number of nitrogens with zero attached hydrogens (tertiary/aromatic N) is 1. The molecule has 0 aliphatic heterocycles. The number of aromatic nitrogens is 2. The Hall–Kier alpha value is -3.80. The van der Waals surface area contributed by atoms with Gasteiger partial charge in [0, 0.05) is 59.7 Å². The monoisotopic (exact) mass is 642 g/mol. The number of oxazole rings is 1. The number of H-pyrrole nitrogens is 1. The third-order valence-electron chi connectivity index (χ3n) is 9.01. The molecule has 3 heterocycles. The van der Waals surface area contributed by atoms with Gasteiger partial charge in [-0.1, -0.05) is 55.7 Å². The first kappa shape index (κ1) is 32.2. The van der Waals surface area contributed by atoms with Crippen molar-refractivity contribution in [1.82, 2.24) is 20.6 Å².